The van der Waals surface area contributed by atoms with E-state index >= 15 is 0 Å². The molecule has 2 heterocycles. The third-order valence-corrected chi connectivity index (χ3v) is 7.07. The number of hydrogen-bond donors (Lipinski definition) is 1. The topological polar surface area (TPSA) is 91.8 Å². The van der Waals surface area contributed by atoms with E-state index in [1.807, 2.05) is 18.2 Å². The highest BCUT2D eigenvalue weighted by molar-refractivity contribution is 7.89. The number of nitrogens with zero attached hydrogens (tertiary/aromatic N) is 3. The third-order valence-electron chi connectivity index (χ3n) is 4.88. The average Bonchev–Trinajstić information content (AvgIpc) is 2.77. The van der Waals surface area contributed by atoms with Crippen molar-refractivity contribution < 1.29 is 17.9 Å². The van der Waals surface area contributed by atoms with Crippen LogP contribution in [-0.2, 0) is 10.0 Å². The van der Waals surface area contributed by atoms with Crippen molar-refractivity contribution in [3.63, 3.8) is 0 Å². The Labute approximate surface area is 181 Å². The molecule has 1 aliphatic rings. The Hall–Kier alpha value is -2.36. The number of pyridine rings is 1. The first-order valence-corrected chi connectivity index (χ1v) is 11.6. The van der Waals surface area contributed by atoms with Gasteiger partial charge in [-0.3, -0.25) is 4.79 Å². The van der Waals surface area contributed by atoms with Gasteiger partial charge >= 0.3 is 0 Å². The largest absolute Gasteiger partial charge is 0.496 e. The molecular formula is C20H25ClN4O4S. The van der Waals surface area contributed by atoms with E-state index in [9.17, 15) is 13.2 Å². The lowest BCUT2D eigenvalue weighted by molar-refractivity contribution is 0.0950. The lowest BCUT2D eigenvalue weighted by atomic mass is 10.2. The van der Waals surface area contributed by atoms with Crippen molar-refractivity contribution in [3.05, 3.63) is 53.2 Å². The van der Waals surface area contributed by atoms with Crippen molar-refractivity contribution in [1.82, 2.24) is 14.6 Å². The molecule has 1 aromatic heterocycles. The standard InChI is InChI=1S/C20H25ClN4O4S/c1-29-18-7-6-16(21)15-17(18)20(26)23-9-4-14-30(27,28)25-12-10-24(11-13-25)19-5-2-3-8-22-19/h2-3,5-8,15H,4,9-14H2,1H3,(H,23,26). The summed E-state index contributed by atoms with van der Waals surface area (Å²) in [5, 5.41) is 3.15. The van der Waals surface area contributed by atoms with Crippen molar-refractivity contribution >= 4 is 33.3 Å². The quantitative estimate of drug-likeness (QED) is 0.616. The van der Waals surface area contributed by atoms with Gasteiger partial charge in [0, 0.05) is 43.9 Å². The number of halogens is 1. The summed E-state index contributed by atoms with van der Waals surface area (Å²) in [5.41, 5.74) is 0.318. The summed E-state index contributed by atoms with van der Waals surface area (Å²) in [4.78, 5) is 18.7. The molecule has 0 saturated carbocycles. The lowest BCUT2D eigenvalue weighted by Gasteiger charge is -2.34. The molecule has 0 unspecified atom stereocenters. The van der Waals surface area contributed by atoms with E-state index in [1.165, 1.54) is 17.5 Å². The van der Waals surface area contributed by atoms with Gasteiger partial charge in [0.25, 0.3) is 5.91 Å². The number of benzene rings is 1. The number of methoxy groups -OCH3 is 1. The van der Waals surface area contributed by atoms with Crippen molar-refractivity contribution in [2.24, 2.45) is 0 Å². The zero-order valence-corrected chi connectivity index (χ0v) is 18.3. The zero-order valence-electron chi connectivity index (χ0n) is 16.8. The van der Waals surface area contributed by atoms with Gasteiger partial charge in [-0.25, -0.2) is 13.4 Å². The van der Waals surface area contributed by atoms with Crippen molar-refractivity contribution in [3.8, 4) is 5.75 Å². The van der Waals surface area contributed by atoms with Gasteiger partial charge in [0.05, 0.1) is 18.4 Å². The van der Waals surface area contributed by atoms with Gasteiger partial charge in [-0.05, 0) is 36.8 Å². The van der Waals surface area contributed by atoms with Gasteiger partial charge < -0.3 is 15.0 Å². The summed E-state index contributed by atoms with van der Waals surface area (Å²) < 4.78 is 31.9. The molecule has 0 radical (unpaired) electrons. The second-order valence-electron chi connectivity index (χ2n) is 6.84. The van der Waals surface area contributed by atoms with Gasteiger partial charge in [0.2, 0.25) is 10.0 Å². The number of anilines is 1. The predicted molar refractivity (Wildman–Crippen MR) is 117 cm³/mol. The Balaban J connectivity index is 1.46. The minimum absolute atomic E-state index is 0.0243. The fraction of sp³-hybridized carbons (Fsp3) is 0.400. The number of carbonyl (C=O) groups is 1. The second-order valence-corrected chi connectivity index (χ2v) is 9.37. The maximum Gasteiger partial charge on any atom is 0.255 e. The van der Waals surface area contributed by atoms with Crippen LogP contribution in [0.3, 0.4) is 0 Å². The molecule has 1 amide bonds. The Kier molecular flexibility index (Phi) is 7.52. The van der Waals surface area contributed by atoms with Crippen molar-refractivity contribution in [1.29, 1.82) is 0 Å². The van der Waals surface area contributed by atoms with Crippen LogP contribution in [0, 0.1) is 0 Å². The lowest BCUT2D eigenvalue weighted by Crippen LogP contribution is -2.49. The zero-order chi connectivity index (χ0) is 21.6. The van der Waals surface area contributed by atoms with Gasteiger partial charge in [-0.1, -0.05) is 17.7 Å². The molecule has 1 aliphatic heterocycles. The number of piperazine rings is 1. The van der Waals surface area contributed by atoms with E-state index in [4.69, 9.17) is 16.3 Å². The van der Waals surface area contributed by atoms with Crippen LogP contribution in [0.1, 0.15) is 16.8 Å². The molecule has 1 N–H and O–H groups in total. The molecule has 162 valence electrons. The van der Waals surface area contributed by atoms with E-state index in [2.05, 4.69) is 15.2 Å². The Morgan fingerprint density at radius 3 is 2.63 bits per heavy atom. The van der Waals surface area contributed by atoms with E-state index in [0.717, 1.165) is 5.82 Å². The molecule has 0 spiro atoms. The number of rotatable bonds is 8. The van der Waals surface area contributed by atoms with Crippen LogP contribution in [0.25, 0.3) is 0 Å². The number of nitrogens with one attached hydrogen (secondary N) is 1. The third kappa shape index (κ3) is 5.62. The Bertz CT molecular complexity index is 964. The average molecular weight is 453 g/mol. The molecule has 1 saturated heterocycles. The minimum Gasteiger partial charge on any atom is -0.496 e. The number of ether oxygens (including phenoxy) is 1. The number of sulfonamides is 1. The van der Waals surface area contributed by atoms with Crippen LogP contribution in [0.5, 0.6) is 5.75 Å². The first kappa shape index (κ1) is 22.3. The summed E-state index contributed by atoms with van der Waals surface area (Å²) in [6.45, 7) is 2.28. The fourth-order valence-electron chi connectivity index (χ4n) is 3.27. The van der Waals surface area contributed by atoms with Crippen molar-refractivity contribution in [2.75, 3.05) is 50.5 Å². The molecule has 1 fully saturated rings. The molecule has 0 atom stereocenters. The predicted octanol–water partition coefficient (Wildman–Crippen LogP) is 2.02. The summed E-state index contributed by atoms with van der Waals surface area (Å²) in [5.74, 6) is 0.892. The molecule has 10 heteroatoms. The summed E-state index contributed by atoms with van der Waals surface area (Å²) in [6, 6.07) is 10.5. The molecule has 2 aromatic rings. The second kappa shape index (κ2) is 10.1. The van der Waals surface area contributed by atoms with E-state index in [0.29, 0.717) is 48.9 Å². The number of carbonyl (C=O) groups excluding carboxylic acids is 1. The Morgan fingerprint density at radius 1 is 1.20 bits per heavy atom. The molecule has 0 aliphatic carbocycles. The van der Waals surface area contributed by atoms with E-state index in [-0.39, 0.29) is 18.2 Å². The summed E-state index contributed by atoms with van der Waals surface area (Å²) in [7, 11) is -1.91. The van der Waals surface area contributed by atoms with Crippen LogP contribution < -0.4 is 15.0 Å². The highest BCUT2D eigenvalue weighted by Crippen LogP contribution is 2.22. The molecule has 30 heavy (non-hydrogen) atoms. The van der Waals surface area contributed by atoms with Crippen LogP contribution in [0.4, 0.5) is 5.82 Å². The van der Waals surface area contributed by atoms with E-state index < -0.39 is 10.0 Å². The SMILES string of the molecule is COc1ccc(Cl)cc1C(=O)NCCCS(=O)(=O)N1CCN(c2ccccn2)CC1. The van der Waals surface area contributed by atoms with Gasteiger partial charge in [-0.15, -0.1) is 0 Å². The maximum atomic E-state index is 12.6. The first-order chi connectivity index (χ1) is 14.4. The Morgan fingerprint density at radius 2 is 1.97 bits per heavy atom. The van der Waals surface area contributed by atoms with Crippen LogP contribution >= 0.6 is 11.6 Å². The fourth-order valence-corrected chi connectivity index (χ4v) is 4.93. The summed E-state index contributed by atoms with van der Waals surface area (Å²) >= 11 is 5.95. The highest BCUT2D eigenvalue weighted by Gasteiger charge is 2.27. The molecular weight excluding hydrogens is 428 g/mol. The molecule has 0 bridgehead atoms. The molecule has 1 aromatic carbocycles. The van der Waals surface area contributed by atoms with Gasteiger partial charge in [0.1, 0.15) is 11.6 Å². The van der Waals surface area contributed by atoms with E-state index in [1.54, 1.807) is 18.3 Å². The number of aromatic nitrogens is 1. The smallest absolute Gasteiger partial charge is 0.255 e. The van der Waals surface area contributed by atoms with Gasteiger partial charge in [-0.2, -0.15) is 4.31 Å². The molecule has 8 nitrogen and oxygen atoms in total. The normalized spacial score (nSPS) is 15.1. The first-order valence-electron chi connectivity index (χ1n) is 9.66. The van der Waals surface area contributed by atoms with Crippen molar-refractivity contribution in [2.45, 2.75) is 6.42 Å². The number of amides is 1. The van der Waals surface area contributed by atoms with Crippen LogP contribution in [-0.4, -0.2) is 69.2 Å². The number of hydrogen-bond acceptors (Lipinski definition) is 6. The maximum absolute atomic E-state index is 12.6. The monoisotopic (exact) mass is 452 g/mol. The summed E-state index contributed by atoms with van der Waals surface area (Å²) in [6.07, 6.45) is 2.04. The van der Waals surface area contributed by atoms with Gasteiger partial charge in [0.15, 0.2) is 0 Å². The molecule has 3 rings (SSSR count). The van der Waals surface area contributed by atoms with Crippen LogP contribution in [0.2, 0.25) is 5.02 Å². The highest BCUT2D eigenvalue weighted by atomic mass is 35.5. The van der Waals surface area contributed by atoms with Crippen LogP contribution in [0.15, 0.2) is 42.6 Å². The minimum atomic E-state index is -3.38.